The van der Waals surface area contributed by atoms with Crippen LogP contribution in [0.2, 0.25) is 0 Å². The monoisotopic (exact) mass is 604 g/mol. The topological polar surface area (TPSA) is 304 Å². The standard InChI is InChI=1S/C22H36O19/c1-4-7(24)15(39-20-13(30)8(25)5(23)2-36-20)14(31)21(37-4)41-17-11(28)10(27)16(18(32)33)40-22(17)38-6-3-35-19(34)12(29)9(6)26/h4-17,19-31,34H,2-3H2,1H3,(H,32,33)/t4-,5+,6+,7-,8-,9-,10+,11-,12+,13+,14+,15+,16-,17+,19?,20-,21-,22-/m0/s1. The number of hydrogen-bond donors (Lipinski definition) is 11. The van der Waals surface area contributed by atoms with Gasteiger partial charge in [0.25, 0.3) is 0 Å². The van der Waals surface area contributed by atoms with Crippen molar-refractivity contribution in [3.63, 3.8) is 0 Å². The summed E-state index contributed by atoms with van der Waals surface area (Å²) in [5.74, 6) is -1.70. The minimum atomic E-state index is -2.09. The summed E-state index contributed by atoms with van der Waals surface area (Å²) in [6.07, 6.45) is -31.3. The molecule has 0 aromatic heterocycles. The largest absolute Gasteiger partial charge is 0.479 e. The Hall–Kier alpha value is -1.21. The molecule has 4 aliphatic heterocycles. The lowest BCUT2D eigenvalue weighted by Crippen LogP contribution is -2.66. The second kappa shape index (κ2) is 13.2. The number of carbonyl (C=O) groups is 1. The van der Waals surface area contributed by atoms with E-state index in [1.807, 2.05) is 0 Å². The Balaban J connectivity index is 1.53. The SMILES string of the molecule is C[C@@H]1O[C@@H](O[C@H]2[C@@H](O[C@@H]3COC(O)[C@H](O)[C@H]3O)O[C@H](C(=O)O)[C@H](O)[C@@H]2O)[C@H](O)[C@H](O[C@@H]2OC[C@@H](O)[C@H](O)[C@H]2O)[C@H]1O. The van der Waals surface area contributed by atoms with Gasteiger partial charge in [0.2, 0.25) is 0 Å². The molecule has 238 valence electrons. The lowest BCUT2D eigenvalue weighted by molar-refractivity contribution is -0.385. The second-order valence-corrected chi connectivity index (χ2v) is 10.3. The van der Waals surface area contributed by atoms with Gasteiger partial charge >= 0.3 is 5.97 Å². The average Bonchev–Trinajstić information content (AvgIpc) is 2.93. The van der Waals surface area contributed by atoms with E-state index in [0.29, 0.717) is 0 Å². The number of aliphatic carboxylic acids is 1. The highest BCUT2D eigenvalue weighted by Crippen LogP contribution is 2.33. The van der Waals surface area contributed by atoms with Gasteiger partial charge in [0.15, 0.2) is 31.3 Å². The molecule has 0 saturated carbocycles. The smallest absolute Gasteiger partial charge is 0.335 e. The van der Waals surface area contributed by atoms with Crippen molar-refractivity contribution in [2.45, 2.75) is 118 Å². The van der Waals surface area contributed by atoms with Crippen molar-refractivity contribution in [3.05, 3.63) is 0 Å². The molecule has 19 nitrogen and oxygen atoms in total. The maximum absolute atomic E-state index is 11.6. The summed E-state index contributed by atoms with van der Waals surface area (Å²) < 4.78 is 37.5. The molecule has 19 heteroatoms. The predicted octanol–water partition coefficient (Wildman–Crippen LogP) is -7.35. The van der Waals surface area contributed by atoms with Crippen molar-refractivity contribution in [1.82, 2.24) is 0 Å². The Morgan fingerprint density at radius 2 is 1.27 bits per heavy atom. The minimum absolute atomic E-state index is 0.441. The zero-order valence-corrected chi connectivity index (χ0v) is 21.5. The summed E-state index contributed by atoms with van der Waals surface area (Å²) in [5.41, 5.74) is 0. The van der Waals surface area contributed by atoms with Crippen LogP contribution in [0.3, 0.4) is 0 Å². The number of aliphatic hydroxyl groups is 10. The van der Waals surface area contributed by atoms with Crippen LogP contribution < -0.4 is 0 Å². The molecular weight excluding hydrogens is 568 g/mol. The number of aliphatic hydroxyl groups excluding tert-OH is 10. The fourth-order valence-electron chi connectivity index (χ4n) is 4.85. The molecular formula is C22H36O19. The summed E-state index contributed by atoms with van der Waals surface area (Å²) in [6, 6.07) is 0. The molecule has 0 aromatic rings. The van der Waals surface area contributed by atoms with Crippen LogP contribution in [0, 0.1) is 0 Å². The first kappa shape index (κ1) is 32.7. The maximum Gasteiger partial charge on any atom is 0.335 e. The molecule has 0 aliphatic carbocycles. The third-order valence-electron chi connectivity index (χ3n) is 7.37. The first-order chi connectivity index (χ1) is 19.2. The van der Waals surface area contributed by atoms with E-state index in [9.17, 15) is 61.0 Å². The van der Waals surface area contributed by atoms with Crippen molar-refractivity contribution in [2.75, 3.05) is 13.2 Å². The zero-order chi connectivity index (χ0) is 30.3. The third kappa shape index (κ3) is 6.66. The van der Waals surface area contributed by atoms with E-state index in [-0.39, 0.29) is 0 Å². The molecule has 1 unspecified atom stereocenters. The van der Waals surface area contributed by atoms with Gasteiger partial charge in [-0.1, -0.05) is 0 Å². The molecule has 4 saturated heterocycles. The van der Waals surface area contributed by atoms with E-state index in [4.69, 9.17) is 33.2 Å². The normalized spacial score (nSPS) is 53.1. The Morgan fingerprint density at radius 3 is 1.93 bits per heavy atom. The number of carboxylic acid groups (broad SMARTS) is 1. The van der Waals surface area contributed by atoms with Crippen LogP contribution in [0.15, 0.2) is 0 Å². The van der Waals surface area contributed by atoms with Crippen molar-refractivity contribution < 1.29 is 94.1 Å². The van der Waals surface area contributed by atoms with Gasteiger partial charge in [-0.3, -0.25) is 0 Å². The van der Waals surface area contributed by atoms with Gasteiger partial charge < -0.3 is 89.3 Å². The molecule has 18 atom stereocenters. The van der Waals surface area contributed by atoms with Crippen LogP contribution in [-0.2, 0) is 38.0 Å². The van der Waals surface area contributed by atoms with Gasteiger partial charge in [0.1, 0.15) is 73.2 Å². The van der Waals surface area contributed by atoms with Crippen molar-refractivity contribution in [2.24, 2.45) is 0 Å². The molecule has 4 rings (SSSR count). The summed E-state index contributed by atoms with van der Waals surface area (Å²) in [7, 11) is 0. The van der Waals surface area contributed by atoms with E-state index >= 15 is 0 Å². The first-order valence-electron chi connectivity index (χ1n) is 12.8. The molecule has 4 heterocycles. The fraction of sp³-hybridized carbons (Fsp3) is 0.955. The first-order valence-corrected chi connectivity index (χ1v) is 12.8. The Bertz CT molecular complexity index is 880. The summed E-state index contributed by atoms with van der Waals surface area (Å²) in [4.78, 5) is 11.6. The third-order valence-corrected chi connectivity index (χ3v) is 7.37. The van der Waals surface area contributed by atoms with Gasteiger partial charge in [0.05, 0.1) is 19.3 Å². The highest BCUT2D eigenvalue weighted by atomic mass is 16.8. The van der Waals surface area contributed by atoms with Crippen molar-refractivity contribution >= 4 is 5.97 Å². The van der Waals surface area contributed by atoms with Crippen molar-refractivity contribution in [3.8, 4) is 0 Å². The van der Waals surface area contributed by atoms with Gasteiger partial charge in [0, 0.05) is 0 Å². The second-order valence-electron chi connectivity index (χ2n) is 10.3. The lowest BCUT2D eigenvalue weighted by Gasteiger charge is -2.48. The molecule has 0 aromatic carbocycles. The number of rotatable bonds is 7. The summed E-state index contributed by atoms with van der Waals surface area (Å²) in [5, 5.41) is 112. The Labute approximate surface area is 231 Å². The molecule has 4 fully saturated rings. The molecule has 0 radical (unpaired) electrons. The number of carboxylic acids is 1. The maximum atomic E-state index is 11.6. The van der Waals surface area contributed by atoms with Gasteiger partial charge in [-0.05, 0) is 6.92 Å². The highest BCUT2D eigenvalue weighted by Gasteiger charge is 2.54. The van der Waals surface area contributed by atoms with Crippen LogP contribution in [0.1, 0.15) is 6.92 Å². The molecule has 0 amide bonds. The van der Waals surface area contributed by atoms with Crippen LogP contribution >= 0.6 is 0 Å². The number of ether oxygens (including phenoxy) is 7. The van der Waals surface area contributed by atoms with E-state index < -0.39 is 130 Å². The Morgan fingerprint density at radius 1 is 0.610 bits per heavy atom. The van der Waals surface area contributed by atoms with Crippen LogP contribution in [-0.4, -0.2) is 186 Å². The predicted molar refractivity (Wildman–Crippen MR) is 121 cm³/mol. The molecule has 0 bridgehead atoms. The van der Waals surface area contributed by atoms with Crippen molar-refractivity contribution in [1.29, 1.82) is 0 Å². The van der Waals surface area contributed by atoms with Crippen LogP contribution in [0.25, 0.3) is 0 Å². The van der Waals surface area contributed by atoms with Gasteiger partial charge in [-0.2, -0.15) is 0 Å². The van der Waals surface area contributed by atoms with Crippen LogP contribution in [0.5, 0.6) is 0 Å². The van der Waals surface area contributed by atoms with E-state index in [1.54, 1.807) is 0 Å². The fourth-order valence-corrected chi connectivity index (χ4v) is 4.85. The van der Waals surface area contributed by atoms with E-state index in [1.165, 1.54) is 6.92 Å². The summed E-state index contributed by atoms with van der Waals surface area (Å²) >= 11 is 0. The molecule has 41 heavy (non-hydrogen) atoms. The van der Waals surface area contributed by atoms with Crippen LogP contribution in [0.4, 0.5) is 0 Å². The van der Waals surface area contributed by atoms with E-state index in [2.05, 4.69) is 0 Å². The van der Waals surface area contributed by atoms with Gasteiger partial charge in [-0.15, -0.1) is 0 Å². The molecule has 4 aliphatic rings. The lowest BCUT2D eigenvalue weighted by atomic mass is 9.96. The number of hydrogen-bond acceptors (Lipinski definition) is 18. The van der Waals surface area contributed by atoms with E-state index in [0.717, 1.165) is 0 Å². The average molecular weight is 605 g/mol. The minimum Gasteiger partial charge on any atom is -0.479 e. The molecule has 0 spiro atoms. The zero-order valence-electron chi connectivity index (χ0n) is 21.5. The quantitative estimate of drug-likeness (QED) is 0.129. The highest BCUT2D eigenvalue weighted by molar-refractivity contribution is 5.73. The summed E-state index contributed by atoms with van der Waals surface area (Å²) in [6.45, 7) is 0.386. The Kier molecular flexibility index (Phi) is 10.5. The molecule has 11 N–H and O–H groups in total. The van der Waals surface area contributed by atoms with Gasteiger partial charge in [-0.25, -0.2) is 4.79 Å².